The van der Waals surface area contributed by atoms with Gasteiger partial charge in [0.15, 0.2) is 0 Å². The topological polar surface area (TPSA) is 12.9 Å². The quantitative estimate of drug-likeness (QED) is 0.619. The van der Waals surface area contributed by atoms with Crippen LogP contribution >= 0.6 is 11.6 Å². The Kier molecular flexibility index (Phi) is 2.67. The van der Waals surface area contributed by atoms with Crippen molar-refractivity contribution >= 4 is 11.6 Å². The monoisotopic (exact) mass is 197 g/mol. The summed E-state index contributed by atoms with van der Waals surface area (Å²) in [6, 6.07) is 0. The van der Waals surface area contributed by atoms with Crippen molar-refractivity contribution in [3.8, 4) is 0 Å². The molecule has 2 heteroatoms. The average Bonchev–Trinajstić information content (AvgIpc) is 1.98. The second-order valence-electron chi connectivity index (χ2n) is 4.45. The van der Waals surface area contributed by atoms with E-state index in [9.17, 15) is 0 Å². The summed E-state index contributed by atoms with van der Waals surface area (Å²) in [6.07, 6.45) is 1.88. The van der Waals surface area contributed by atoms with Crippen LogP contribution in [0.15, 0.2) is 6.20 Å². The van der Waals surface area contributed by atoms with Crippen molar-refractivity contribution in [2.45, 2.75) is 40.0 Å². The van der Waals surface area contributed by atoms with Gasteiger partial charge in [0, 0.05) is 11.9 Å². The highest BCUT2D eigenvalue weighted by Crippen LogP contribution is 2.31. The molecule has 72 valence electrons. The van der Waals surface area contributed by atoms with Gasteiger partial charge in [0.25, 0.3) is 0 Å². The minimum atomic E-state index is 0.0720. The molecule has 0 N–H and O–H groups in total. The van der Waals surface area contributed by atoms with Crippen LogP contribution in [0.25, 0.3) is 0 Å². The van der Waals surface area contributed by atoms with Crippen molar-refractivity contribution in [3.63, 3.8) is 0 Å². The molecule has 0 spiro atoms. The molecule has 0 radical (unpaired) electrons. The van der Waals surface area contributed by atoms with Gasteiger partial charge in [0.1, 0.15) is 0 Å². The average molecular weight is 198 g/mol. The van der Waals surface area contributed by atoms with Crippen LogP contribution in [-0.2, 0) is 5.41 Å². The maximum absolute atomic E-state index is 6.24. The van der Waals surface area contributed by atoms with Gasteiger partial charge >= 0.3 is 0 Å². The van der Waals surface area contributed by atoms with Crippen molar-refractivity contribution in [3.05, 3.63) is 28.0 Å². The molecule has 0 unspecified atom stereocenters. The van der Waals surface area contributed by atoms with E-state index in [1.54, 1.807) is 0 Å². The Morgan fingerprint density at radius 1 is 1.23 bits per heavy atom. The summed E-state index contributed by atoms with van der Waals surface area (Å²) < 4.78 is 0. The van der Waals surface area contributed by atoms with E-state index in [1.807, 2.05) is 20.0 Å². The highest BCUT2D eigenvalue weighted by molar-refractivity contribution is 6.32. The molecule has 0 aliphatic rings. The summed E-state index contributed by atoms with van der Waals surface area (Å²) >= 11 is 6.24. The fourth-order valence-electron chi connectivity index (χ4n) is 1.20. The molecule has 13 heavy (non-hydrogen) atoms. The number of halogens is 1. The Bertz CT molecular complexity index is 324. The lowest BCUT2D eigenvalue weighted by molar-refractivity contribution is 0.586. The zero-order valence-electron chi connectivity index (χ0n) is 8.90. The summed E-state index contributed by atoms with van der Waals surface area (Å²) in [7, 11) is 0. The van der Waals surface area contributed by atoms with Crippen LogP contribution in [0, 0.1) is 13.8 Å². The molecule has 0 saturated carbocycles. The first kappa shape index (κ1) is 10.5. The molecule has 0 amide bonds. The number of hydrogen-bond acceptors (Lipinski definition) is 1. The minimum absolute atomic E-state index is 0.0720. The molecule has 1 nitrogen and oxygen atoms in total. The predicted molar refractivity (Wildman–Crippen MR) is 57.4 cm³/mol. The molecule has 0 atom stereocenters. The minimum Gasteiger partial charge on any atom is -0.261 e. The Balaban J connectivity index is 3.35. The summed E-state index contributed by atoms with van der Waals surface area (Å²) in [5.74, 6) is 0. The van der Waals surface area contributed by atoms with Gasteiger partial charge in [-0.05, 0) is 30.4 Å². The number of nitrogens with zero attached hydrogens (tertiary/aromatic N) is 1. The standard InChI is InChI=1S/C11H16ClN/c1-7-8(2)13-6-9(10(7)12)11(3,4)5/h6H,1-5H3. The van der Waals surface area contributed by atoms with Gasteiger partial charge in [-0.25, -0.2) is 0 Å². The smallest absolute Gasteiger partial charge is 0.0505 e. The van der Waals surface area contributed by atoms with Crippen molar-refractivity contribution in [2.75, 3.05) is 0 Å². The Morgan fingerprint density at radius 3 is 2.23 bits per heavy atom. The van der Waals surface area contributed by atoms with E-state index in [4.69, 9.17) is 11.6 Å². The van der Waals surface area contributed by atoms with Gasteiger partial charge < -0.3 is 0 Å². The van der Waals surface area contributed by atoms with Gasteiger partial charge in [0.2, 0.25) is 0 Å². The Labute approximate surface area is 85.1 Å². The second-order valence-corrected chi connectivity index (χ2v) is 4.82. The first-order valence-corrected chi connectivity index (χ1v) is 4.84. The SMILES string of the molecule is Cc1ncc(C(C)(C)C)c(Cl)c1C. The van der Waals surface area contributed by atoms with E-state index in [-0.39, 0.29) is 5.41 Å². The van der Waals surface area contributed by atoms with E-state index in [2.05, 4.69) is 25.8 Å². The van der Waals surface area contributed by atoms with Crippen molar-refractivity contribution < 1.29 is 0 Å². The zero-order chi connectivity index (χ0) is 10.2. The largest absolute Gasteiger partial charge is 0.261 e. The Hall–Kier alpha value is -0.560. The van der Waals surface area contributed by atoms with Crippen LogP contribution in [-0.4, -0.2) is 4.98 Å². The van der Waals surface area contributed by atoms with Gasteiger partial charge in [-0.15, -0.1) is 0 Å². The molecule has 0 aliphatic heterocycles. The van der Waals surface area contributed by atoms with Gasteiger partial charge in [0.05, 0.1) is 5.02 Å². The fraction of sp³-hybridized carbons (Fsp3) is 0.545. The number of aromatic nitrogens is 1. The van der Waals surface area contributed by atoms with Crippen molar-refractivity contribution in [1.82, 2.24) is 4.98 Å². The fourth-order valence-corrected chi connectivity index (χ4v) is 1.67. The summed E-state index contributed by atoms with van der Waals surface area (Å²) in [6.45, 7) is 10.4. The molecule has 0 aliphatic carbocycles. The number of aryl methyl sites for hydroxylation is 1. The van der Waals surface area contributed by atoms with Gasteiger partial charge in [-0.1, -0.05) is 32.4 Å². The van der Waals surface area contributed by atoms with E-state index in [0.29, 0.717) is 0 Å². The van der Waals surface area contributed by atoms with E-state index in [1.165, 1.54) is 0 Å². The molecule has 0 bridgehead atoms. The molecule has 1 aromatic heterocycles. The number of hydrogen-bond donors (Lipinski definition) is 0. The highest BCUT2D eigenvalue weighted by atomic mass is 35.5. The van der Waals surface area contributed by atoms with E-state index in [0.717, 1.165) is 21.8 Å². The third kappa shape index (κ3) is 2.02. The van der Waals surface area contributed by atoms with E-state index < -0.39 is 0 Å². The lowest BCUT2D eigenvalue weighted by atomic mass is 9.87. The molecule has 0 saturated heterocycles. The molecular weight excluding hydrogens is 182 g/mol. The maximum atomic E-state index is 6.24. The zero-order valence-corrected chi connectivity index (χ0v) is 9.66. The summed E-state index contributed by atoms with van der Waals surface area (Å²) in [4.78, 5) is 4.32. The van der Waals surface area contributed by atoms with Crippen LogP contribution in [0.5, 0.6) is 0 Å². The first-order chi connectivity index (χ1) is 5.84. The molecule has 1 aromatic rings. The third-order valence-electron chi connectivity index (χ3n) is 2.30. The summed E-state index contributed by atoms with van der Waals surface area (Å²) in [5, 5.41) is 0.861. The van der Waals surface area contributed by atoms with Crippen LogP contribution in [0.4, 0.5) is 0 Å². The van der Waals surface area contributed by atoms with Crippen LogP contribution in [0.3, 0.4) is 0 Å². The first-order valence-electron chi connectivity index (χ1n) is 4.46. The highest BCUT2D eigenvalue weighted by Gasteiger charge is 2.19. The second kappa shape index (κ2) is 3.30. The molecule has 1 rings (SSSR count). The predicted octanol–water partition coefficient (Wildman–Crippen LogP) is 3.65. The summed E-state index contributed by atoms with van der Waals surface area (Å²) in [5.41, 5.74) is 3.30. The number of rotatable bonds is 0. The molecular formula is C11H16ClN. The van der Waals surface area contributed by atoms with E-state index >= 15 is 0 Å². The van der Waals surface area contributed by atoms with Gasteiger partial charge in [-0.3, -0.25) is 4.98 Å². The molecule has 0 aromatic carbocycles. The maximum Gasteiger partial charge on any atom is 0.0505 e. The Morgan fingerprint density at radius 2 is 1.77 bits per heavy atom. The van der Waals surface area contributed by atoms with Crippen LogP contribution in [0.1, 0.15) is 37.6 Å². The molecule has 0 fully saturated rings. The lowest BCUT2D eigenvalue weighted by Gasteiger charge is -2.21. The van der Waals surface area contributed by atoms with Gasteiger partial charge in [-0.2, -0.15) is 0 Å². The third-order valence-corrected chi connectivity index (χ3v) is 2.79. The molecule has 1 heterocycles. The van der Waals surface area contributed by atoms with Crippen molar-refractivity contribution in [2.24, 2.45) is 0 Å². The van der Waals surface area contributed by atoms with Crippen LogP contribution in [0.2, 0.25) is 5.02 Å². The number of pyridine rings is 1. The van der Waals surface area contributed by atoms with Crippen molar-refractivity contribution in [1.29, 1.82) is 0 Å². The van der Waals surface area contributed by atoms with Crippen LogP contribution < -0.4 is 0 Å². The normalized spacial score (nSPS) is 11.8. The lowest BCUT2D eigenvalue weighted by Crippen LogP contribution is -2.13.